The maximum atomic E-state index is 9.47. The van der Waals surface area contributed by atoms with E-state index in [-0.39, 0.29) is 11.8 Å². The van der Waals surface area contributed by atoms with E-state index in [1.807, 2.05) is 48.5 Å². The van der Waals surface area contributed by atoms with Gasteiger partial charge in [-0.1, -0.05) is 36.4 Å². The fourth-order valence-corrected chi connectivity index (χ4v) is 2.63. The summed E-state index contributed by atoms with van der Waals surface area (Å²) < 4.78 is 11.0. The normalized spacial score (nSPS) is 16.7. The molecule has 4 heteroatoms. The number of benzene rings is 2. The van der Waals surface area contributed by atoms with Crippen LogP contribution in [0.2, 0.25) is 0 Å². The predicted molar refractivity (Wildman–Crippen MR) is 78.7 cm³/mol. The number of hydrogen-bond acceptors (Lipinski definition) is 4. The van der Waals surface area contributed by atoms with E-state index in [4.69, 9.17) is 15.2 Å². The van der Waals surface area contributed by atoms with Gasteiger partial charge in [0, 0.05) is 11.1 Å². The van der Waals surface area contributed by atoms with Crippen LogP contribution in [-0.4, -0.2) is 7.11 Å². The second kappa shape index (κ2) is 5.22. The van der Waals surface area contributed by atoms with Crippen molar-refractivity contribution in [3.8, 4) is 17.6 Å². The molecule has 1 aliphatic rings. The van der Waals surface area contributed by atoms with Crippen LogP contribution in [0.1, 0.15) is 17.0 Å². The molecule has 0 aliphatic carbocycles. The number of rotatable bonds is 2. The minimum Gasteiger partial charge on any atom is -0.496 e. The van der Waals surface area contributed by atoms with E-state index < -0.39 is 0 Å². The van der Waals surface area contributed by atoms with Crippen molar-refractivity contribution in [3.63, 3.8) is 0 Å². The minimum atomic E-state index is -0.281. The van der Waals surface area contributed by atoms with Gasteiger partial charge >= 0.3 is 0 Å². The van der Waals surface area contributed by atoms with Crippen molar-refractivity contribution in [2.24, 2.45) is 5.73 Å². The molecular weight excluding hydrogens is 264 g/mol. The summed E-state index contributed by atoms with van der Waals surface area (Å²) in [4.78, 5) is 0. The molecule has 2 aromatic carbocycles. The van der Waals surface area contributed by atoms with Crippen LogP contribution < -0.4 is 15.2 Å². The first-order valence-electron chi connectivity index (χ1n) is 6.55. The average Bonchev–Trinajstić information content (AvgIpc) is 2.53. The number of allylic oxidation sites excluding steroid dienone is 1. The molecule has 21 heavy (non-hydrogen) atoms. The second-order valence-corrected chi connectivity index (χ2v) is 4.70. The van der Waals surface area contributed by atoms with Crippen LogP contribution >= 0.6 is 0 Å². The lowest BCUT2D eigenvalue weighted by molar-refractivity contribution is 0.387. The van der Waals surface area contributed by atoms with Gasteiger partial charge in [0.25, 0.3) is 0 Å². The van der Waals surface area contributed by atoms with Crippen molar-refractivity contribution in [1.82, 2.24) is 0 Å². The third-order valence-electron chi connectivity index (χ3n) is 3.57. The molecule has 2 aromatic rings. The fourth-order valence-electron chi connectivity index (χ4n) is 2.63. The Bertz CT molecular complexity index is 759. The van der Waals surface area contributed by atoms with Gasteiger partial charge in [0.15, 0.2) is 0 Å². The summed E-state index contributed by atoms with van der Waals surface area (Å²) in [5.74, 6) is 1.26. The molecule has 0 radical (unpaired) electrons. The molecule has 0 saturated heterocycles. The molecule has 0 bridgehead atoms. The summed E-state index contributed by atoms with van der Waals surface area (Å²) in [5.41, 5.74) is 8.13. The average molecular weight is 278 g/mol. The van der Waals surface area contributed by atoms with Gasteiger partial charge in [-0.05, 0) is 12.1 Å². The molecule has 4 nitrogen and oxygen atoms in total. The molecule has 104 valence electrons. The number of ether oxygens (including phenoxy) is 2. The lowest BCUT2D eigenvalue weighted by Gasteiger charge is -2.27. The van der Waals surface area contributed by atoms with E-state index in [1.54, 1.807) is 7.11 Å². The molecule has 0 aromatic heterocycles. The molecule has 0 fully saturated rings. The number of hydrogen-bond donors (Lipinski definition) is 1. The van der Waals surface area contributed by atoms with E-state index in [2.05, 4.69) is 6.07 Å². The van der Waals surface area contributed by atoms with Gasteiger partial charge in [0.1, 0.15) is 23.1 Å². The smallest absolute Gasteiger partial charge is 0.205 e. The Morgan fingerprint density at radius 3 is 2.48 bits per heavy atom. The summed E-state index contributed by atoms with van der Waals surface area (Å²) >= 11 is 0. The highest BCUT2D eigenvalue weighted by atomic mass is 16.5. The number of para-hydroxylation sites is 2. The molecule has 3 rings (SSSR count). The quantitative estimate of drug-likeness (QED) is 0.917. The molecule has 1 heterocycles. The van der Waals surface area contributed by atoms with Gasteiger partial charge in [0.05, 0.1) is 13.0 Å². The van der Waals surface area contributed by atoms with E-state index in [0.717, 1.165) is 16.9 Å². The zero-order valence-electron chi connectivity index (χ0n) is 11.5. The maximum Gasteiger partial charge on any atom is 0.205 e. The van der Waals surface area contributed by atoms with Crippen LogP contribution in [0.3, 0.4) is 0 Å². The fraction of sp³-hybridized carbons (Fsp3) is 0.118. The Kier molecular flexibility index (Phi) is 3.25. The van der Waals surface area contributed by atoms with Crippen molar-refractivity contribution < 1.29 is 9.47 Å². The van der Waals surface area contributed by atoms with Crippen LogP contribution in [0.4, 0.5) is 0 Å². The molecule has 0 amide bonds. The topological polar surface area (TPSA) is 68.3 Å². The molecule has 1 atom stereocenters. The van der Waals surface area contributed by atoms with Crippen LogP contribution in [0.5, 0.6) is 11.5 Å². The third kappa shape index (κ3) is 2.09. The lowest BCUT2D eigenvalue weighted by atomic mass is 9.83. The molecule has 0 saturated carbocycles. The Hall–Kier alpha value is -2.93. The third-order valence-corrected chi connectivity index (χ3v) is 3.57. The zero-order chi connectivity index (χ0) is 14.8. The van der Waals surface area contributed by atoms with Gasteiger partial charge in [-0.25, -0.2) is 0 Å². The largest absolute Gasteiger partial charge is 0.496 e. The van der Waals surface area contributed by atoms with E-state index in [1.165, 1.54) is 0 Å². The molecule has 0 unspecified atom stereocenters. The van der Waals surface area contributed by atoms with Crippen LogP contribution in [0.25, 0.3) is 0 Å². The maximum absolute atomic E-state index is 9.47. The van der Waals surface area contributed by atoms with Gasteiger partial charge in [-0.15, -0.1) is 0 Å². The van der Waals surface area contributed by atoms with E-state index >= 15 is 0 Å². The molecule has 2 N–H and O–H groups in total. The molecule has 1 aliphatic heterocycles. The number of fused-ring (bicyclic) bond motifs is 1. The van der Waals surface area contributed by atoms with Crippen molar-refractivity contribution >= 4 is 0 Å². The van der Waals surface area contributed by atoms with Crippen LogP contribution in [-0.2, 0) is 0 Å². The van der Waals surface area contributed by atoms with Gasteiger partial charge in [-0.3, -0.25) is 0 Å². The standard InChI is InChI=1S/C17H14N2O2/c1-20-14-8-4-2-6-11(14)16-12-7-3-5-9-15(12)21-17(19)13(16)10-18/h2-9,16H,19H2,1H3/t16-/m0/s1. The predicted octanol–water partition coefficient (Wildman–Crippen LogP) is 2.91. The van der Waals surface area contributed by atoms with Crippen LogP contribution in [0, 0.1) is 11.3 Å². The Balaban J connectivity index is 2.26. The van der Waals surface area contributed by atoms with Crippen molar-refractivity contribution in [2.75, 3.05) is 7.11 Å². The lowest BCUT2D eigenvalue weighted by Crippen LogP contribution is -2.21. The second-order valence-electron chi connectivity index (χ2n) is 4.70. The highest BCUT2D eigenvalue weighted by molar-refractivity contribution is 5.58. The van der Waals surface area contributed by atoms with Crippen molar-refractivity contribution in [3.05, 3.63) is 71.1 Å². The van der Waals surface area contributed by atoms with E-state index in [0.29, 0.717) is 11.3 Å². The monoisotopic (exact) mass is 278 g/mol. The van der Waals surface area contributed by atoms with Crippen molar-refractivity contribution in [2.45, 2.75) is 5.92 Å². The van der Waals surface area contributed by atoms with Gasteiger partial charge in [0.2, 0.25) is 5.88 Å². The van der Waals surface area contributed by atoms with Gasteiger partial charge < -0.3 is 15.2 Å². The van der Waals surface area contributed by atoms with Crippen LogP contribution in [0.15, 0.2) is 60.0 Å². The summed E-state index contributed by atoms with van der Waals surface area (Å²) in [6.45, 7) is 0. The summed E-state index contributed by atoms with van der Waals surface area (Å²) in [7, 11) is 1.61. The number of nitriles is 1. The molecular formula is C17H14N2O2. The Labute approximate surface area is 123 Å². The van der Waals surface area contributed by atoms with E-state index in [9.17, 15) is 5.26 Å². The first kappa shape index (κ1) is 13.1. The Morgan fingerprint density at radius 2 is 1.76 bits per heavy atom. The number of nitrogens with two attached hydrogens (primary N) is 1. The Morgan fingerprint density at radius 1 is 1.10 bits per heavy atom. The highest BCUT2D eigenvalue weighted by Gasteiger charge is 2.31. The first-order chi connectivity index (χ1) is 10.3. The number of methoxy groups -OCH3 is 1. The minimum absolute atomic E-state index is 0.145. The van der Waals surface area contributed by atoms with Gasteiger partial charge in [-0.2, -0.15) is 5.26 Å². The highest BCUT2D eigenvalue weighted by Crippen LogP contribution is 2.44. The summed E-state index contributed by atoms with van der Waals surface area (Å²) in [6, 6.07) is 17.4. The first-order valence-corrected chi connectivity index (χ1v) is 6.55. The zero-order valence-corrected chi connectivity index (χ0v) is 11.5. The summed E-state index contributed by atoms with van der Waals surface area (Å²) in [6.07, 6.45) is 0. The SMILES string of the molecule is COc1ccccc1[C@@H]1C(C#N)=C(N)Oc2ccccc21. The number of nitrogens with zero attached hydrogens (tertiary/aromatic N) is 1. The molecule has 0 spiro atoms. The summed E-state index contributed by atoms with van der Waals surface area (Å²) in [5, 5.41) is 9.47. The van der Waals surface area contributed by atoms with Crippen molar-refractivity contribution in [1.29, 1.82) is 5.26 Å².